The van der Waals surface area contributed by atoms with Crippen LogP contribution in [0.25, 0.3) is 0 Å². The Hall–Kier alpha value is -3.45. The zero-order chi connectivity index (χ0) is 55.4. The van der Waals surface area contributed by atoms with Gasteiger partial charge in [-0.1, -0.05) is 39.0 Å². The number of unbranched alkanes of at least 4 members (excludes halogenated alkanes) is 5. The van der Waals surface area contributed by atoms with E-state index in [2.05, 4.69) is 16.0 Å². The molecule has 0 spiro atoms. The van der Waals surface area contributed by atoms with Crippen LogP contribution in [0.1, 0.15) is 79.1 Å². The van der Waals surface area contributed by atoms with E-state index in [9.17, 15) is 95.5 Å². The average molecular weight is 1080 g/mol. The summed E-state index contributed by atoms with van der Waals surface area (Å²) in [6.07, 6.45) is -32.0. The number of aliphatic hydroxyl groups excluding tert-OH is 12. The molecule has 0 aromatic carbocycles. The third kappa shape index (κ3) is 15.4. The van der Waals surface area contributed by atoms with Gasteiger partial charge >= 0.3 is 11.9 Å². The normalized spacial score (nSPS) is 38.2. The molecule has 0 bridgehead atoms. The van der Waals surface area contributed by atoms with Crippen LogP contribution in [0.4, 0.5) is 0 Å². The van der Waals surface area contributed by atoms with Gasteiger partial charge in [0.05, 0.1) is 50.7 Å². The summed E-state index contributed by atoms with van der Waals surface area (Å²) in [5.74, 6) is -12.5. The molecule has 4 heterocycles. The minimum atomic E-state index is -3.18. The zero-order valence-corrected chi connectivity index (χ0v) is 41.3. The van der Waals surface area contributed by atoms with E-state index in [0.29, 0.717) is 12.8 Å². The quantitative estimate of drug-likeness (QED) is 0.0340. The minimum Gasteiger partial charge on any atom is -0.477 e. The van der Waals surface area contributed by atoms with Gasteiger partial charge in [0, 0.05) is 40.2 Å². The van der Waals surface area contributed by atoms with E-state index in [1.807, 2.05) is 6.92 Å². The van der Waals surface area contributed by atoms with Crippen molar-refractivity contribution in [3.05, 3.63) is 0 Å². The van der Waals surface area contributed by atoms with E-state index < -0.39 is 203 Å². The lowest BCUT2D eigenvalue weighted by Gasteiger charge is -2.51. The summed E-state index contributed by atoms with van der Waals surface area (Å²) in [5, 5.41) is 158. The molecule has 0 saturated carbocycles. The Morgan fingerprint density at radius 2 is 1.07 bits per heavy atom. The molecule has 4 aliphatic heterocycles. The Morgan fingerprint density at radius 1 is 0.608 bits per heavy atom. The minimum absolute atomic E-state index is 0.0525. The molecule has 30 heteroatoms. The van der Waals surface area contributed by atoms with Crippen molar-refractivity contribution >= 4 is 29.7 Å². The summed E-state index contributed by atoms with van der Waals surface area (Å²) in [7, 11) is 0. The van der Waals surface area contributed by atoms with E-state index >= 15 is 0 Å². The highest BCUT2D eigenvalue weighted by atomic mass is 16.8. The van der Waals surface area contributed by atoms with Crippen molar-refractivity contribution in [2.45, 2.75) is 213 Å². The van der Waals surface area contributed by atoms with Crippen LogP contribution >= 0.6 is 0 Å². The summed E-state index contributed by atoms with van der Waals surface area (Å²) in [6.45, 7) is 0.761. The van der Waals surface area contributed by atoms with Gasteiger partial charge in [-0.3, -0.25) is 14.4 Å². The zero-order valence-electron chi connectivity index (χ0n) is 41.3. The fourth-order valence-electron chi connectivity index (χ4n) is 9.25. The number of carbonyl (C=O) groups excluding carboxylic acids is 3. The lowest BCUT2D eigenvalue weighted by Crippen LogP contribution is -2.71. The van der Waals surface area contributed by atoms with Crippen molar-refractivity contribution < 1.29 is 133 Å². The molecule has 0 aliphatic carbocycles. The largest absolute Gasteiger partial charge is 0.477 e. The van der Waals surface area contributed by atoms with Gasteiger partial charge < -0.3 is 125 Å². The van der Waals surface area contributed by atoms with Crippen molar-refractivity contribution in [1.82, 2.24) is 16.0 Å². The highest BCUT2D eigenvalue weighted by Gasteiger charge is 2.61. The first-order valence-corrected chi connectivity index (χ1v) is 24.3. The van der Waals surface area contributed by atoms with Crippen LogP contribution in [0.5, 0.6) is 0 Å². The molecule has 0 unspecified atom stereocenters. The van der Waals surface area contributed by atoms with Crippen LogP contribution in [0.15, 0.2) is 0 Å². The number of amides is 3. The molecular formula is C44H75N3O27. The Bertz CT molecular complexity index is 1820. The van der Waals surface area contributed by atoms with Gasteiger partial charge in [-0.2, -0.15) is 0 Å². The van der Waals surface area contributed by atoms with Crippen molar-refractivity contribution in [2.24, 2.45) is 0 Å². The van der Waals surface area contributed by atoms with E-state index in [-0.39, 0.29) is 6.61 Å². The highest BCUT2D eigenvalue weighted by Crippen LogP contribution is 2.40. The Balaban J connectivity index is 1.74. The van der Waals surface area contributed by atoms with Crippen molar-refractivity contribution in [1.29, 1.82) is 0 Å². The van der Waals surface area contributed by atoms with E-state index in [4.69, 9.17) is 37.9 Å². The number of carbonyl (C=O) groups is 5. The summed E-state index contributed by atoms with van der Waals surface area (Å²) in [5.41, 5.74) is 0. The molecule has 3 amide bonds. The molecule has 428 valence electrons. The second-order valence-corrected chi connectivity index (χ2v) is 18.9. The topological polar surface area (TPSA) is 478 Å². The van der Waals surface area contributed by atoms with Crippen molar-refractivity contribution in [3.63, 3.8) is 0 Å². The SMILES string of the molecule is CCCCCCCCO[C@H]1O[C@H](CO[C@]2(C(=O)O)C[C@H](O)[C@@H](NC(C)=O)[C@H]([C@H](O)[C@H](O)CO)O2)[C@H](O)[C@H](O[C@@H]2O[C@H](CO)[C@H](O)[C@H](O[C@]3(C(=O)O)C[C@H](O)[C@@H](NC(C)=O)[C@H]([C@H](O)[C@H](O)CO)O3)[C@H]2O)[C@H]1NC(C)=O. The number of nitrogens with one attached hydrogen (secondary N) is 3. The number of hydrogen-bond acceptors (Lipinski definition) is 25. The van der Waals surface area contributed by atoms with E-state index in [0.717, 1.165) is 46.5 Å². The van der Waals surface area contributed by atoms with Gasteiger partial charge in [-0.05, 0) is 6.42 Å². The predicted molar refractivity (Wildman–Crippen MR) is 240 cm³/mol. The van der Waals surface area contributed by atoms with Crippen LogP contribution in [-0.2, 0) is 61.9 Å². The number of aliphatic hydroxyl groups is 12. The molecule has 74 heavy (non-hydrogen) atoms. The molecule has 0 aromatic rings. The number of rotatable bonds is 27. The molecular weight excluding hydrogens is 1000 g/mol. The molecule has 0 aromatic heterocycles. The van der Waals surface area contributed by atoms with Crippen LogP contribution in [0.3, 0.4) is 0 Å². The highest BCUT2D eigenvalue weighted by molar-refractivity contribution is 5.77. The first-order valence-electron chi connectivity index (χ1n) is 24.3. The van der Waals surface area contributed by atoms with Gasteiger partial charge in [0.2, 0.25) is 17.7 Å². The third-order valence-corrected chi connectivity index (χ3v) is 13.1. The smallest absolute Gasteiger partial charge is 0.364 e. The summed E-state index contributed by atoms with van der Waals surface area (Å²) >= 11 is 0. The molecule has 4 saturated heterocycles. The van der Waals surface area contributed by atoms with Gasteiger partial charge in [0.1, 0.15) is 85.4 Å². The Labute approximate surface area is 424 Å². The number of carboxylic acids is 2. The second kappa shape index (κ2) is 28.3. The van der Waals surface area contributed by atoms with Gasteiger partial charge in [0.25, 0.3) is 11.6 Å². The summed E-state index contributed by atoms with van der Waals surface area (Å²) in [6, 6.07) is -4.80. The van der Waals surface area contributed by atoms with E-state index in [1.165, 1.54) is 0 Å². The molecule has 0 radical (unpaired) electrons. The second-order valence-electron chi connectivity index (χ2n) is 18.9. The lowest BCUT2D eigenvalue weighted by molar-refractivity contribution is -0.382. The van der Waals surface area contributed by atoms with Gasteiger partial charge in [0.15, 0.2) is 12.6 Å². The van der Waals surface area contributed by atoms with Crippen LogP contribution in [-0.4, -0.2) is 268 Å². The summed E-state index contributed by atoms with van der Waals surface area (Å²) < 4.78 is 46.9. The lowest BCUT2D eigenvalue weighted by atomic mass is 9.88. The fourth-order valence-corrected chi connectivity index (χ4v) is 9.25. The fraction of sp³-hybridized carbons (Fsp3) is 0.886. The first kappa shape index (κ1) is 63.1. The maximum absolute atomic E-state index is 13.1. The van der Waals surface area contributed by atoms with Crippen LogP contribution in [0, 0.1) is 0 Å². The molecule has 4 fully saturated rings. The average Bonchev–Trinajstić information content (AvgIpc) is 3.34. The number of hydrogen-bond donors (Lipinski definition) is 17. The molecule has 17 N–H and O–H groups in total. The van der Waals surface area contributed by atoms with Gasteiger partial charge in [-0.15, -0.1) is 0 Å². The monoisotopic (exact) mass is 1080 g/mol. The van der Waals surface area contributed by atoms with Gasteiger partial charge in [-0.25, -0.2) is 9.59 Å². The van der Waals surface area contributed by atoms with Crippen molar-refractivity contribution in [3.8, 4) is 0 Å². The van der Waals surface area contributed by atoms with E-state index in [1.54, 1.807) is 0 Å². The molecule has 4 aliphatic rings. The van der Waals surface area contributed by atoms with Crippen molar-refractivity contribution in [2.75, 3.05) is 33.0 Å². The number of aliphatic carboxylic acids is 2. The third-order valence-electron chi connectivity index (χ3n) is 13.1. The maximum Gasteiger partial charge on any atom is 0.364 e. The first-order chi connectivity index (χ1) is 34.8. The molecule has 4 rings (SSSR count). The van der Waals surface area contributed by atoms with Crippen LogP contribution in [0.2, 0.25) is 0 Å². The summed E-state index contributed by atoms with van der Waals surface area (Å²) in [4.78, 5) is 63.1. The van der Waals surface area contributed by atoms with Crippen LogP contribution < -0.4 is 16.0 Å². The molecule has 30 nitrogen and oxygen atoms in total. The standard InChI is InChI=1S/C44H75N3O27/c1-5-6-7-8-9-10-11-67-39-29(47-20(4)53)35(33(61)26(70-39)17-68-43(41(63)64)12-21(54)27(45-18(2)51)36(72-43)30(58)23(56)14-48)71-40-34(62)38(32(60)25(16-50)69-40)74-44(42(65)66)13-22(55)28(46-19(3)52)37(73-44)31(59)24(57)15-49/h21-40,48-50,54-62H,5-17H2,1-4H3,(H,45,51)(H,46,52)(H,47,53)(H,63,64)(H,65,66)/t21-,22-,23+,24+,25+,26+,27+,28+,29+,30+,31+,32-,33-,34+,35+,36+,37+,38-,39-,40-,43+,44-/m0/s1. The number of ether oxygens (including phenoxy) is 8. The molecule has 22 atom stereocenters. The number of carboxylic acid groups (broad SMARTS) is 2. The Kier molecular flexibility index (Phi) is 24.1. The maximum atomic E-state index is 13.1. The predicted octanol–water partition coefficient (Wildman–Crippen LogP) is -7.52. The Morgan fingerprint density at radius 3 is 1.55 bits per heavy atom.